The van der Waals surface area contributed by atoms with Crippen LogP contribution in [0.5, 0.6) is 0 Å². The van der Waals surface area contributed by atoms with Gasteiger partial charge in [-0.2, -0.15) is 0 Å². The Morgan fingerprint density at radius 2 is 2.07 bits per heavy atom. The van der Waals surface area contributed by atoms with Crippen molar-refractivity contribution in [3.05, 3.63) is 0 Å². The highest BCUT2D eigenvalue weighted by molar-refractivity contribution is 5.73. The fourth-order valence-corrected chi connectivity index (χ4v) is 1.55. The summed E-state index contributed by atoms with van der Waals surface area (Å²) in [5.74, 6) is -1.95. The van der Waals surface area contributed by atoms with Gasteiger partial charge in [0.2, 0.25) is 0 Å². The molecule has 2 unspecified atom stereocenters. The quantitative estimate of drug-likeness (QED) is 0.725. The molecule has 5 nitrogen and oxygen atoms in total. The molecule has 0 saturated carbocycles. The molecule has 1 heterocycles. The number of ether oxygens (including phenoxy) is 2. The summed E-state index contributed by atoms with van der Waals surface area (Å²) in [5, 5.41) is 18.3. The lowest BCUT2D eigenvalue weighted by atomic mass is 9.81. The Hall–Kier alpha value is -0.650. The van der Waals surface area contributed by atoms with Gasteiger partial charge in [-0.3, -0.25) is 0 Å². The average molecular weight is 218 g/mol. The van der Waals surface area contributed by atoms with E-state index >= 15 is 0 Å². The van der Waals surface area contributed by atoms with Crippen LogP contribution in [-0.4, -0.2) is 40.8 Å². The van der Waals surface area contributed by atoms with Crippen molar-refractivity contribution in [2.24, 2.45) is 5.41 Å². The van der Waals surface area contributed by atoms with Gasteiger partial charge >= 0.3 is 5.97 Å². The molecule has 0 aromatic rings. The summed E-state index contributed by atoms with van der Waals surface area (Å²) in [6.07, 6.45) is -1.88. The number of aliphatic hydroxyl groups is 1. The van der Waals surface area contributed by atoms with Gasteiger partial charge in [-0.15, -0.1) is 0 Å². The molecule has 2 atom stereocenters. The van der Waals surface area contributed by atoms with Crippen LogP contribution in [0.2, 0.25) is 0 Å². The van der Waals surface area contributed by atoms with Gasteiger partial charge in [-0.1, -0.05) is 13.8 Å². The SMILES string of the molecule is CC1(C)OCC(C(C)(C)C(O)C(=O)O)O1. The Bertz CT molecular complexity index is 259. The number of carbonyl (C=O) groups is 1. The van der Waals surface area contributed by atoms with Crippen LogP contribution < -0.4 is 0 Å². The molecule has 15 heavy (non-hydrogen) atoms. The zero-order valence-electron chi connectivity index (χ0n) is 9.48. The summed E-state index contributed by atoms with van der Waals surface area (Å²) < 4.78 is 10.9. The number of rotatable bonds is 3. The topological polar surface area (TPSA) is 76.0 Å². The smallest absolute Gasteiger partial charge is 0.333 e. The van der Waals surface area contributed by atoms with E-state index in [1.54, 1.807) is 27.7 Å². The normalized spacial score (nSPS) is 27.7. The first-order chi connectivity index (χ1) is 6.67. The van der Waals surface area contributed by atoms with Crippen LogP contribution in [0.3, 0.4) is 0 Å². The second kappa shape index (κ2) is 3.73. The van der Waals surface area contributed by atoms with Gasteiger partial charge in [0.05, 0.1) is 12.7 Å². The molecular formula is C10H18O5. The summed E-state index contributed by atoms with van der Waals surface area (Å²) in [6, 6.07) is 0. The van der Waals surface area contributed by atoms with Crippen molar-refractivity contribution < 1.29 is 24.5 Å². The van der Waals surface area contributed by atoms with E-state index in [-0.39, 0.29) is 0 Å². The molecule has 0 radical (unpaired) electrons. The molecule has 0 aromatic carbocycles. The third-order valence-corrected chi connectivity index (χ3v) is 2.78. The highest BCUT2D eigenvalue weighted by Gasteiger charge is 2.47. The summed E-state index contributed by atoms with van der Waals surface area (Å²) in [4.78, 5) is 10.7. The zero-order chi connectivity index (χ0) is 11.9. The second-order valence-corrected chi connectivity index (χ2v) is 4.88. The van der Waals surface area contributed by atoms with Crippen molar-refractivity contribution in [1.82, 2.24) is 0 Å². The summed E-state index contributed by atoms with van der Waals surface area (Å²) in [7, 11) is 0. The maximum Gasteiger partial charge on any atom is 0.333 e. The van der Waals surface area contributed by atoms with E-state index in [4.69, 9.17) is 14.6 Å². The molecule has 0 aromatic heterocycles. The molecule has 1 fully saturated rings. The molecule has 0 spiro atoms. The zero-order valence-corrected chi connectivity index (χ0v) is 9.48. The highest BCUT2D eigenvalue weighted by atomic mass is 16.7. The molecule has 2 N–H and O–H groups in total. The standard InChI is InChI=1S/C10H18O5/c1-9(2,7(11)8(12)13)6-5-14-10(3,4)15-6/h6-7,11H,5H2,1-4H3,(H,12,13). The molecule has 1 aliphatic rings. The second-order valence-electron chi connectivity index (χ2n) is 4.88. The average Bonchev–Trinajstić information content (AvgIpc) is 2.45. The van der Waals surface area contributed by atoms with E-state index < -0.39 is 29.4 Å². The van der Waals surface area contributed by atoms with Crippen molar-refractivity contribution in [3.63, 3.8) is 0 Å². The van der Waals surface area contributed by atoms with Crippen molar-refractivity contribution in [2.75, 3.05) is 6.61 Å². The third-order valence-electron chi connectivity index (χ3n) is 2.78. The maximum atomic E-state index is 10.7. The van der Waals surface area contributed by atoms with Gasteiger partial charge in [0.15, 0.2) is 11.9 Å². The van der Waals surface area contributed by atoms with E-state index in [1.807, 2.05) is 0 Å². The molecular weight excluding hydrogens is 200 g/mol. The molecule has 5 heteroatoms. The lowest BCUT2D eigenvalue weighted by molar-refractivity contribution is -0.175. The summed E-state index contributed by atoms with van der Waals surface area (Å²) in [6.45, 7) is 7.12. The first kappa shape index (κ1) is 12.4. The van der Waals surface area contributed by atoms with Crippen LogP contribution in [0.4, 0.5) is 0 Å². The van der Waals surface area contributed by atoms with Crippen molar-refractivity contribution in [1.29, 1.82) is 0 Å². The van der Waals surface area contributed by atoms with Crippen LogP contribution in [0.15, 0.2) is 0 Å². The Balaban J connectivity index is 2.75. The monoisotopic (exact) mass is 218 g/mol. The molecule has 0 aliphatic carbocycles. The lowest BCUT2D eigenvalue weighted by Gasteiger charge is -2.33. The third kappa shape index (κ3) is 2.48. The van der Waals surface area contributed by atoms with E-state index in [0.717, 1.165) is 0 Å². The summed E-state index contributed by atoms with van der Waals surface area (Å²) in [5.41, 5.74) is -0.875. The van der Waals surface area contributed by atoms with Crippen molar-refractivity contribution in [2.45, 2.75) is 45.7 Å². The number of aliphatic hydroxyl groups excluding tert-OH is 1. The number of aliphatic carboxylic acids is 1. The Labute approximate surface area is 89.0 Å². The van der Waals surface area contributed by atoms with E-state index in [1.165, 1.54) is 0 Å². The Morgan fingerprint density at radius 3 is 2.40 bits per heavy atom. The minimum Gasteiger partial charge on any atom is -0.479 e. The van der Waals surface area contributed by atoms with Crippen molar-refractivity contribution >= 4 is 5.97 Å². The number of hydrogen-bond acceptors (Lipinski definition) is 4. The van der Waals surface area contributed by atoms with E-state index in [9.17, 15) is 9.90 Å². The Morgan fingerprint density at radius 1 is 1.53 bits per heavy atom. The number of hydrogen-bond donors (Lipinski definition) is 2. The van der Waals surface area contributed by atoms with Crippen LogP contribution in [0, 0.1) is 5.41 Å². The largest absolute Gasteiger partial charge is 0.479 e. The summed E-state index contributed by atoms with van der Waals surface area (Å²) >= 11 is 0. The van der Waals surface area contributed by atoms with Gasteiger partial charge < -0.3 is 19.7 Å². The fourth-order valence-electron chi connectivity index (χ4n) is 1.55. The van der Waals surface area contributed by atoms with Gasteiger partial charge in [0.1, 0.15) is 0 Å². The van der Waals surface area contributed by atoms with Crippen LogP contribution in [0.1, 0.15) is 27.7 Å². The molecule has 0 amide bonds. The van der Waals surface area contributed by atoms with Gasteiger partial charge in [-0.05, 0) is 13.8 Å². The van der Waals surface area contributed by atoms with Crippen LogP contribution >= 0.6 is 0 Å². The minimum absolute atomic E-state index is 0.296. The Kier molecular flexibility index (Phi) is 3.09. The maximum absolute atomic E-state index is 10.7. The predicted octanol–water partition coefficient (Wildman–Crippen LogP) is 0.610. The van der Waals surface area contributed by atoms with Crippen molar-refractivity contribution in [3.8, 4) is 0 Å². The number of carboxylic acid groups (broad SMARTS) is 1. The van der Waals surface area contributed by atoms with Crippen LogP contribution in [0.25, 0.3) is 0 Å². The van der Waals surface area contributed by atoms with Crippen LogP contribution in [-0.2, 0) is 14.3 Å². The first-order valence-electron chi connectivity index (χ1n) is 4.89. The molecule has 0 bridgehead atoms. The van der Waals surface area contributed by atoms with Gasteiger partial charge in [0, 0.05) is 5.41 Å². The van der Waals surface area contributed by atoms with Gasteiger partial charge in [-0.25, -0.2) is 4.79 Å². The van der Waals surface area contributed by atoms with E-state index in [2.05, 4.69) is 0 Å². The first-order valence-corrected chi connectivity index (χ1v) is 4.89. The highest BCUT2D eigenvalue weighted by Crippen LogP contribution is 2.36. The molecule has 88 valence electrons. The van der Waals surface area contributed by atoms with E-state index in [0.29, 0.717) is 6.61 Å². The molecule has 1 rings (SSSR count). The molecule has 1 aliphatic heterocycles. The van der Waals surface area contributed by atoms with Gasteiger partial charge in [0.25, 0.3) is 0 Å². The minimum atomic E-state index is -1.46. The predicted molar refractivity (Wildman–Crippen MR) is 52.3 cm³/mol. The lowest BCUT2D eigenvalue weighted by Crippen LogP contribution is -2.46. The number of carboxylic acids is 1. The molecule has 1 saturated heterocycles. The fraction of sp³-hybridized carbons (Fsp3) is 0.900.